The van der Waals surface area contributed by atoms with Crippen LogP contribution in [0, 0.1) is 17.0 Å². The molecular weight excluding hydrogens is 370 g/mol. The molecule has 0 spiro atoms. The van der Waals surface area contributed by atoms with Gasteiger partial charge in [-0.05, 0) is 26.3 Å². The maximum atomic E-state index is 12.3. The number of nitro benzene ring substituents is 1. The zero-order chi connectivity index (χ0) is 20.8. The molecule has 0 fully saturated rings. The molecule has 0 aromatic heterocycles. The third-order valence-electron chi connectivity index (χ3n) is 4.14. The topological polar surface area (TPSA) is 137 Å². The van der Waals surface area contributed by atoms with Crippen molar-refractivity contribution >= 4 is 23.7 Å². The summed E-state index contributed by atoms with van der Waals surface area (Å²) in [5, 5.41) is 16.1. The van der Waals surface area contributed by atoms with Gasteiger partial charge in [0.1, 0.15) is 6.61 Å². The first kappa shape index (κ1) is 20.9. The Balaban J connectivity index is 2.25. The molecule has 150 valence electrons. The fourth-order valence-electron chi connectivity index (χ4n) is 2.73. The molecule has 1 atom stereocenters. The van der Waals surface area contributed by atoms with Gasteiger partial charge in [0.25, 0.3) is 5.69 Å². The molecule has 2 rings (SSSR count). The number of amides is 2. The molecule has 0 saturated heterocycles. The summed E-state index contributed by atoms with van der Waals surface area (Å²) in [4.78, 5) is 46.8. The molecule has 28 heavy (non-hydrogen) atoms. The number of urea groups is 1. The molecule has 2 N–H and O–H groups in total. The molecule has 1 aromatic carbocycles. The van der Waals surface area contributed by atoms with Gasteiger partial charge in [-0.3, -0.25) is 10.1 Å². The zero-order valence-electron chi connectivity index (χ0n) is 15.7. The summed E-state index contributed by atoms with van der Waals surface area (Å²) in [6.45, 7) is 4.74. The van der Waals surface area contributed by atoms with E-state index in [1.165, 1.54) is 12.1 Å². The predicted octanol–water partition coefficient (Wildman–Crippen LogP) is 1.97. The summed E-state index contributed by atoms with van der Waals surface area (Å²) in [6.07, 6.45) is 0.434. The molecule has 1 aliphatic heterocycles. The highest BCUT2D eigenvalue weighted by atomic mass is 16.6. The number of nitro groups is 1. The van der Waals surface area contributed by atoms with E-state index in [9.17, 15) is 24.5 Å². The molecule has 1 aliphatic rings. The van der Waals surface area contributed by atoms with Crippen molar-refractivity contribution in [1.29, 1.82) is 0 Å². The molecular formula is C18H21N3O7. The van der Waals surface area contributed by atoms with Crippen LogP contribution in [0.25, 0.3) is 0 Å². The first-order chi connectivity index (χ1) is 13.3. The molecule has 10 heteroatoms. The van der Waals surface area contributed by atoms with Crippen LogP contribution in [0.15, 0.2) is 29.5 Å². The Kier molecular flexibility index (Phi) is 6.69. The maximum Gasteiger partial charge on any atom is 0.338 e. The van der Waals surface area contributed by atoms with Gasteiger partial charge >= 0.3 is 18.0 Å². The Morgan fingerprint density at radius 3 is 2.54 bits per heavy atom. The number of benzene rings is 1. The summed E-state index contributed by atoms with van der Waals surface area (Å²) in [5.41, 5.74) is 0.478. The maximum absolute atomic E-state index is 12.3. The third-order valence-corrected chi connectivity index (χ3v) is 4.14. The van der Waals surface area contributed by atoms with Crippen molar-refractivity contribution in [2.75, 3.05) is 13.2 Å². The minimum Gasteiger partial charge on any atom is -0.463 e. The number of hydrogen-bond donors (Lipinski definition) is 2. The Morgan fingerprint density at radius 2 is 1.93 bits per heavy atom. The van der Waals surface area contributed by atoms with E-state index in [4.69, 9.17) is 9.47 Å². The van der Waals surface area contributed by atoms with Crippen molar-refractivity contribution < 1.29 is 28.8 Å². The van der Waals surface area contributed by atoms with E-state index in [1.54, 1.807) is 20.8 Å². The van der Waals surface area contributed by atoms with Gasteiger partial charge in [-0.25, -0.2) is 14.4 Å². The summed E-state index contributed by atoms with van der Waals surface area (Å²) in [6, 6.07) is 2.85. The van der Waals surface area contributed by atoms with E-state index in [0.29, 0.717) is 12.0 Å². The Morgan fingerprint density at radius 1 is 1.21 bits per heavy atom. The second-order valence-corrected chi connectivity index (χ2v) is 6.01. The molecule has 0 unspecified atom stereocenters. The normalized spacial score (nSPS) is 16.1. The number of aryl methyl sites for hydroxylation is 1. The van der Waals surface area contributed by atoms with Gasteiger partial charge in [0, 0.05) is 11.6 Å². The number of nitrogens with one attached hydrogen (secondary N) is 2. The largest absolute Gasteiger partial charge is 0.463 e. The fraction of sp³-hybridized carbons (Fsp3) is 0.389. The van der Waals surface area contributed by atoms with Crippen LogP contribution in [0.5, 0.6) is 0 Å². The average molecular weight is 391 g/mol. The van der Waals surface area contributed by atoms with Crippen LogP contribution in [0.2, 0.25) is 0 Å². The van der Waals surface area contributed by atoms with Crippen molar-refractivity contribution in [2.24, 2.45) is 0 Å². The number of carbonyl (C=O) groups excluding carboxylic acids is 3. The number of rotatable bonds is 7. The van der Waals surface area contributed by atoms with E-state index in [1.807, 2.05) is 0 Å². The monoisotopic (exact) mass is 391 g/mol. The Hall–Kier alpha value is -3.43. The molecule has 2 amide bonds. The summed E-state index contributed by atoms with van der Waals surface area (Å²) in [5.74, 6) is -1.45. The number of carbonyl (C=O) groups is 3. The summed E-state index contributed by atoms with van der Waals surface area (Å²) < 4.78 is 10.2. The molecule has 0 radical (unpaired) electrons. The molecule has 0 aliphatic carbocycles. The van der Waals surface area contributed by atoms with Gasteiger partial charge < -0.3 is 20.1 Å². The lowest BCUT2D eigenvalue weighted by atomic mass is 10.0. The van der Waals surface area contributed by atoms with E-state index >= 15 is 0 Å². The predicted molar refractivity (Wildman–Crippen MR) is 97.5 cm³/mol. The van der Waals surface area contributed by atoms with Crippen LogP contribution in [-0.4, -0.2) is 42.1 Å². The van der Waals surface area contributed by atoms with E-state index < -0.39 is 35.5 Å². The lowest BCUT2D eigenvalue weighted by molar-refractivity contribution is -0.385. The second kappa shape index (κ2) is 8.98. The van der Waals surface area contributed by atoms with Crippen LogP contribution in [0.4, 0.5) is 10.5 Å². The number of hydrogen-bond acceptors (Lipinski definition) is 7. The second-order valence-electron chi connectivity index (χ2n) is 6.01. The smallest absolute Gasteiger partial charge is 0.338 e. The molecule has 0 saturated carbocycles. The first-order valence-corrected chi connectivity index (χ1v) is 8.68. The summed E-state index contributed by atoms with van der Waals surface area (Å²) >= 11 is 0. The number of esters is 2. The van der Waals surface area contributed by atoms with Crippen molar-refractivity contribution in [2.45, 2.75) is 33.2 Å². The van der Waals surface area contributed by atoms with E-state index in [2.05, 4.69) is 10.6 Å². The van der Waals surface area contributed by atoms with Crippen LogP contribution in [0.1, 0.15) is 36.2 Å². The van der Waals surface area contributed by atoms with Crippen molar-refractivity contribution in [3.63, 3.8) is 0 Å². The Bertz CT molecular complexity index is 848. The van der Waals surface area contributed by atoms with Crippen molar-refractivity contribution in [3.05, 3.63) is 50.7 Å². The third kappa shape index (κ3) is 4.64. The standard InChI is InChI=1S/C18H21N3O7/c1-4-12-15(17(23)27-5-2)13(20-18(24)19-12)9-28-16(22)11-7-6-10(3)14(8-11)21(25)26/h6-8,12H,4-5,9H2,1-3H3,(H2,19,20,24)/t12-/m0/s1. The number of ether oxygens (including phenoxy) is 2. The average Bonchev–Trinajstić information content (AvgIpc) is 2.65. The highest BCUT2D eigenvalue weighted by molar-refractivity contribution is 5.95. The molecule has 1 heterocycles. The van der Waals surface area contributed by atoms with Gasteiger partial charge in [0.2, 0.25) is 0 Å². The fourth-order valence-corrected chi connectivity index (χ4v) is 2.73. The van der Waals surface area contributed by atoms with Crippen molar-refractivity contribution in [3.8, 4) is 0 Å². The van der Waals surface area contributed by atoms with Gasteiger partial charge in [0.05, 0.1) is 34.4 Å². The van der Waals surface area contributed by atoms with Crippen LogP contribution >= 0.6 is 0 Å². The van der Waals surface area contributed by atoms with Crippen LogP contribution in [0.3, 0.4) is 0 Å². The van der Waals surface area contributed by atoms with Crippen LogP contribution in [-0.2, 0) is 14.3 Å². The lowest BCUT2D eigenvalue weighted by Gasteiger charge is -2.28. The van der Waals surface area contributed by atoms with Gasteiger partial charge in [-0.2, -0.15) is 0 Å². The molecule has 0 bridgehead atoms. The van der Waals surface area contributed by atoms with Crippen molar-refractivity contribution in [1.82, 2.24) is 10.6 Å². The van der Waals surface area contributed by atoms with E-state index in [-0.39, 0.29) is 29.1 Å². The van der Waals surface area contributed by atoms with E-state index in [0.717, 1.165) is 6.07 Å². The van der Waals surface area contributed by atoms with Gasteiger partial charge in [-0.15, -0.1) is 0 Å². The first-order valence-electron chi connectivity index (χ1n) is 8.68. The lowest BCUT2D eigenvalue weighted by Crippen LogP contribution is -2.51. The Labute approximate surface area is 161 Å². The quantitative estimate of drug-likeness (QED) is 0.412. The van der Waals surface area contributed by atoms with Gasteiger partial charge in [-0.1, -0.05) is 13.0 Å². The van der Waals surface area contributed by atoms with Gasteiger partial charge in [0.15, 0.2) is 0 Å². The minimum absolute atomic E-state index is 0.0112. The summed E-state index contributed by atoms with van der Waals surface area (Å²) in [7, 11) is 0. The SMILES string of the molecule is CCOC(=O)C1=C(COC(=O)c2ccc(C)c([N+](=O)[O-])c2)NC(=O)N[C@H]1CC. The molecule has 1 aromatic rings. The zero-order valence-corrected chi connectivity index (χ0v) is 15.7. The minimum atomic E-state index is -0.820. The highest BCUT2D eigenvalue weighted by Gasteiger charge is 2.32. The number of nitrogens with zero attached hydrogens (tertiary/aromatic N) is 1. The highest BCUT2D eigenvalue weighted by Crippen LogP contribution is 2.21. The molecule has 10 nitrogen and oxygen atoms in total. The van der Waals surface area contributed by atoms with Crippen LogP contribution < -0.4 is 10.6 Å².